The van der Waals surface area contributed by atoms with E-state index >= 15 is 0 Å². The van der Waals surface area contributed by atoms with E-state index in [1.54, 1.807) is 6.07 Å². The Morgan fingerprint density at radius 3 is 2.67 bits per heavy atom. The van der Waals surface area contributed by atoms with Crippen molar-refractivity contribution < 1.29 is 14.3 Å². The number of nitrogens with two attached hydrogens (primary N) is 2. The minimum atomic E-state index is -0.903. The summed E-state index contributed by atoms with van der Waals surface area (Å²) < 4.78 is 5.34. The molecule has 0 fully saturated rings. The maximum atomic E-state index is 11.2. The van der Waals surface area contributed by atoms with Gasteiger partial charge in [0, 0.05) is 11.6 Å². The second-order valence-corrected chi connectivity index (χ2v) is 4.03. The summed E-state index contributed by atoms with van der Waals surface area (Å²) in [6, 6.07) is 4.44. The Labute approximate surface area is 105 Å². The number of amides is 3. The van der Waals surface area contributed by atoms with Crippen LogP contribution in [0.4, 0.5) is 4.79 Å². The molecule has 0 heterocycles. The minimum absolute atomic E-state index is 0.209. The number of hydrogen-bond donors (Lipinski definition) is 3. The molecule has 0 aliphatic rings. The number of aryl methyl sites for hydroxylation is 1. The molecule has 0 aliphatic carbocycles. The standard InChI is InChI=1S/C12H17N3O3/c1-7-3-4-9(8(2)13)10(5-7)18-6-11(16)15-12(14)17/h3-5,8H,6,13H2,1-2H3,(H3,14,15,16,17). The van der Waals surface area contributed by atoms with Gasteiger partial charge < -0.3 is 16.2 Å². The van der Waals surface area contributed by atoms with Crippen LogP contribution in [0.15, 0.2) is 18.2 Å². The highest BCUT2D eigenvalue weighted by Gasteiger charge is 2.11. The highest BCUT2D eigenvalue weighted by atomic mass is 16.5. The molecule has 5 N–H and O–H groups in total. The van der Waals surface area contributed by atoms with Gasteiger partial charge in [-0.05, 0) is 25.5 Å². The van der Waals surface area contributed by atoms with E-state index in [0.717, 1.165) is 11.1 Å². The molecule has 0 bridgehead atoms. The highest BCUT2D eigenvalue weighted by molar-refractivity contribution is 5.94. The lowest BCUT2D eigenvalue weighted by molar-refractivity contribution is -0.121. The van der Waals surface area contributed by atoms with Crippen molar-refractivity contribution in [3.8, 4) is 5.75 Å². The van der Waals surface area contributed by atoms with E-state index in [9.17, 15) is 9.59 Å². The Kier molecular flexibility index (Phi) is 4.67. The van der Waals surface area contributed by atoms with E-state index in [-0.39, 0.29) is 12.6 Å². The van der Waals surface area contributed by atoms with Crippen molar-refractivity contribution in [3.05, 3.63) is 29.3 Å². The van der Waals surface area contributed by atoms with E-state index in [4.69, 9.17) is 16.2 Å². The van der Waals surface area contributed by atoms with E-state index in [1.165, 1.54) is 0 Å². The first kappa shape index (κ1) is 14.0. The lowest BCUT2D eigenvalue weighted by atomic mass is 10.1. The topological polar surface area (TPSA) is 107 Å². The van der Waals surface area contributed by atoms with Crippen LogP contribution in [0.3, 0.4) is 0 Å². The Bertz CT molecular complexity index is 458. The molecule has 1 unspecified atom stereocenters. The summed E-state index contributed by atoms with van der Waals surface area (Å²) in [5.74, 6) is -0.0655. The molecule has 1 rings (SSSR count). The van der Waals surface area contributed by atoms with Gasteiger partial charge >= 0.3 is 6.03 Å². The van der Waals surface area contributed by atoms with Crippen LogP contribution in [0.1, 0.15) is 24.1 Å². The molecular weight excluding hydrogens is 234 g/mol. The third-order valence-electron chi connectivity index (χ3n) is 2.28. The van der Waals surface area contributed by atoms with E-state index in [0.29, 0.717) is 5.75 Å². The fraction of sp³-hybridized carbons (Fsp3) is 0.333. The van der Waals surface area contributed by atoms with Gasteiger partial charge in [-0.2, -0.15) is 0 Å². The first-order valence-corrected chi connectivity index (χ1v) is 5.48. The van der Waals surface area contributed by atoms with Crippen LogP contribution in [-0.2, 0) is 4.79 Å². The summed E-state index contributed by atoms with van der Waals surface area (Å²) in [6.45, 7) is 3.44. The molecule has 0 saturated heterocycles. The summed E-state index contributed by atoms with van der Waals surface area (Å²) >= 11 is 0. The molecule has 1 aromatic carbocycles. The number of urea groups is 1. The Morgan fingerprint density at radius 1 is 1.44 bits per heavy atom. The van der Waals surface area contributed by atoms with E-state index in [1.807, 2.05) is 31.3 Å². The molecule has 0 radical (unpaired) electrons. The summed E-state index contributed by atoms with van der Waals surface area (Å²) in [5, 5.41) is 1.92. The average molecular weight is 251 g/mol. The van der Waals surface area contributed by atoms with Crippen LogP contribution in [0.25, 0.3) is 0 Å². The lowest BCUT2D eigenvalue weighted by Crippen LogP contribution is -2.38. The number of ether oxygens (including phenoxy) is 1. The first-order chi connectivity index (χ1) is 8.40. The molecule has 3 amide bonds. The molecule has 6 heteroatoms. The zero-order valence-electron chi connectivity index (χ0n) is 10.4. The van der Waals surface area contributed by atoms with Crippen molar-refractivity contribution in [1.29, 1.82) is 0 Å². The van der Waals surface area contributed by atoms with Crippen molar-refractivity contribution in [2.24, 2.45) is 11.5 Å². The van der Waals surface area contributed by atoms with Crippen molar-refractivity contribution in [3.63, 3.8) is 0 Å². The van der Waals surface area contributed by atoms with Crippen molar-refractivity contribution in [2.45, 2.75) is 19.9 Å². The van der Waals surface area contributed by atoms with Gasteiger partial charge in [-0.1, -0.05) is 12.1 Å². The molecule has 98 valence electrons. The van der Waals surface area contributed by atoms with Crippen LogP contribution in [0.2, 0.25) is 0 Å². The molecular formula is C12H17N3O3. The van der Waals surface area contributed by atoms with Crippen LogP contribution in [0, 0.1) is 6.92 Å². The Hall–Kier alpha value is -2.08. The third kappa shape index (κ3) is 4.06. The van der Waals surface area contributed by atoms with Gasteiger partial charge in [0.2, 0.25) is 0 Å². The zero-order chi connectivity index (χ0) is 13.7. The predicted octanol–water partition coefficient (Wildman–Crippen LogP) is 0.588. The van der Waals surface area contributed by atoms with Crippen LogP contribution in [0.5, 0.6) is 5.75 Å². The van der Waals surface area contributed by atoms with E-state index in [2.05, 4.69) is 0 Å². The fourth-order valence-corrected chi connectivity index (χ4v) is 1.46. The fourth-order valence-electron chi connectivity index (χ4n) is 1.46. The molecule has 6 nitrogen and oxygen atoms in total. The molecule has 1 atom stereocenters. The number of carbonyl (C=O) groups is 2. The van der Waals surface area contributed by atoms with Gasteiger partial charge in [-0.25, -0.2) is 4.79 Å². The number of benzene rings is 1. The first-order valence-electron chi connectivity index (χ1n) is 5.48. The van der Waals surface area contributed by atoms with Crippen molar-refractivity contribution in [1.82, 2.24) is 5.32 Å². The SMILES string of the molecule is Cc1ccc(C(C)N)c(OCC(=O)NC(N)=O)c1. The van der Waals surface area contributed by atoms with Gasteiger partial charge in [-0.15, -0.1) is 0 Å². The number of rotatable bonds is 4. The Morgan fingerprint density at radius 2 is 2.11 bits per heavy atom. The van der Waals surface area contributed by atoms with Crippen LogP contribution in [-0.4, -0.2) is 18.5 Å². The van der Waals surface area contributed by atoms with E-state index < -0.39 is 11.9 Å². The summed E-state index contributed by atoms with van der Waals surface area (Å²) in [6.07, 6.45) is 0. The maximum absolute atomic E-state index is 11.2. The second-order valence-electron chi connectivity index (χ2n) is 4.03. The number of carbonyl (C=O) groups excluding carboxylic acids is 2. The monoisotopic (exact) mass is 251 g/mol. The average Bonchev–Trinajstić information content (AvgIpc) is 2.25. The second kappa shape index (κ2) is 6.02. The lowest BCUT2D eigenvalue weighted by Gasteiger charge is -2.14. The van der Waals surface area contributed by atoms with Crippen LogP contribution < -0.4 is 21.5 Å². The molecule has 0 aliphatic heterocycles. The molecule has 1 aromatic rings. The van der Waals surface area contributed by atoms with Gasteiger partial charge in [0.25, 0.3) is 5.91 Å². The normalized spacial score (nSPS) is 11.7. The van der Waals surface area contributed by atoms with Gasteiger partial charge in [-0.3, -0.25) is 10.1 Å². The predicted molar refractivity (Wildman–Crippen MR) is 67.0 cm³/mol. The van der Waals surface area contributed by atoms with Crippen molar-refractivity contribution in [2.75, 3.05) is 6.61 Å². The summed E-state index contributed by atoms with van der Waals surface area (Å²) in [4.78, 5) is 21.7. The smallest absolute Gasteiger partial charge is 0.318 e. The summed E-state index contributed by atoms with van der Waals surface area (Å²) in [7, 11) is 0. The zero-order valence-corrected chi connectivity index (χ0v) is 10.4. The number of primary amides is 1. The summed E-state index contributed by atoms with van der Waals surface area (Å²) in [5.41, 5.74) is 12.4. The minimum Gasteiger partial charge on any atom is -0.483 e. The quantitative estimate of drug-likeness (QED) is 0.727. The molecule has 0 aromatic heterocycles. The molecule has 18 heavy (non-hydrogen) atoms. The number of nitrogens with one attached hydrogen (secondary N) is 1. The van der Waals surface area contributed by atoms with Gasteiger partial charge in [0.05, 0.1) is 0 Å². The van der Waals surface area contributed by atoms with Gasteiger partial charge in [0.15, 0.2) is 6.61 Å². The number of hydrogen-bond acceptors (Lipinski definition) is 4. The third-order valence-corrected chi connectivity index (χ3v) is 2.28. The van der Waals surface area contributed by atoms with Gasteiger partial charge in [0.1, 0.15) is 5.75 Å². The van der Waals surface area contributed by atoms with Crippen molar-refractivity contribution >= 4 is 11.9 Å². The molecule has 0 spiro atoms. The molecule has 0 saturated carbocycles. The van der Waals surface area contributed by atoms with Crippen LogP contribution >= 0.6 is 0 Å². The maximum Gasteiger partial charge on any atom is 0.318 e. The highest BCUT2D eigenvalue weighted by Crippen LogP contribution is 2.24. The Balaban J connectivity index is 2.74. The number of imide groups is 1. The largest absolute Gasteiger partial charge is 0.483 e.